The maximum absolute atomic E-state index is 12.5. The number of nitrogens with zero attached hydrogens (tertiary/aromatic N) is 1. The van der Waals surface area contributed by atoms with Gasteiger partial charge in [0.2, 0.25) is 10.0 Å². The Balaban J connectivity index is 2.03. The third-order valence-electron chi connectivity index (χ3n) is 4.38. The van der Waals surface area contributed by atoms with E-state index in [9.17, 15) is 28.1 Å². The van der Waals surface area contributed by atoms with E-state index in [0.717, 1.165) is 0 Å². The summed E-state index contributed by atoms with van der Waals surface area (Å²) < 4.78 is 32.3. The van der Waals surface area contributed by atoms with Crippen LogP contribution in [0.3, 0.4) is 0 Å². The summed E-state index contributed by atoms with van der Waals surface area (Å²) in [5.74, 6) is -2.08. The molecule has 0 aliphatic rings. The molecule has 166 valence electrons. The minimum absolute atomic E-state index is 0.00709. The quantitative estimate of drug-likeness (QED) is 0.340. The highest BCUT2D eigenvalue weighted by atomic mass is 32.2. The highest BCUT2D eigenvalue weighted by Crippen LogP contribution is 2.25. The second kappa shape index (κ2) is 10.1. The maximum Gasteiger partial charge on any atom is 0.324 e. The van der Waals surface area contributed by atoms with Crippen molar-refractivity contribution in [3.05, 3.63) is 64.2 Å². The van der Waals surface area contributed by atoms with Crippen molar-refractivity contribution in [1.82, 2.24) is 4.72 Å². The molecule has 1 amide bonds. The molecule has 2 rings (SSSR count). The van der Waals surface area contributed by atoms with E-state index in [4.69, 9.17) is 4.74 Å². The van der Waals surface area contributed by atoms with Gasteiger partial charge in [0, 0.05) is 6.07 Å². The van der Waals surface area contributed by atoms with E-state index in [-0.39, 0.29) is 21.8 Å². The van der Waals surface area contributed by atoms with Crippen molar-refractivity contribution < 1.29 is 27.7 Å². The Morgan fingerprint density at radius 3 is 2.32 bits per heavy atom. The molecule has 11 heteroatoms. The Labute approximate surface area is 179 Å². The van der Waals surface area contributed by atoms with Crippen molar-refractivity contribution in [2.75, 3.05) is 11.9 Å². The Morgan fingerprint density at radius 1 is 1.10 bits per heavy atom. The second-order valence-corrected chi connectivity index (χ2v) is 8.73. The molecule has 0 aromatic heterocycles. The van der Waals surface area contributed by atoms with E-state index >= 15 is 0 Å². The molecule has 2 N–H and O–H groups in total. The van der Waals surface area contributed by atoms with E-state index in [0.29, 0.717) is 0 Å². The number of ether oxygens (including phenoxy) is 1. The molecule has 2 aromatic carbocycles. The fourth-order valence-corrected chi connectivity index (χ4v) is 4.01. The number of amides is 1. The summed E-state index contributed by atoms with van der Waals surface area (Å²) in [7, 11) is -3.97. The fraction of sp³-hybridized carbons (Fsp3) is 0.300. The average Bonchev–Trinajstić information content (AvgIpc) is 2.72. The topological polar surface area (TPSA) is 145 Å². The highest BCUT2D eigenvalue weighted by Gasteiger charge is 2.30. The zero-order chi connectivity index (χ0) is 23.2. The van der Waals surface area contributed by atoms with Crippen molar-refractivity contribution in [2.24, 2.45) is 5.92 Å². The molecule has 0 saturated carbocycles. The smallest absolute Gasteiger partial charge is 0.324 e. The second-order valence-electron chi connectivity index (χ2n) is 7.02. The van der Waals surface area contributed by atoms with Crippen LogP contribution in [0.25, 0.3) is 0 Å². The first-order valence-corrected chi connectivity index (χ1v) is 10.8. The van der Waals surface area contributed by atoms with Crippen LogP contribution in [-0.4, -0.2) is 37.9 Å². The van der Waals surface area contributed by atoms with Gasteiger partial charge in [-0.25, -0.2) is 8.42 Å². The Morgan fingerprint density at radius 2 is 1.74 bits per heavy atom. The lowest BCUT2D eigenvalue weighted by Crippen LogP contribution is -2.45. The van der Waals surface area contributed by atoms with Crippen molar-refractivity contribution in [3.8, 4) is 0 Å². The maximum atomic E-state index is 12.5. The predicted molar refractivity (Wildman–Crippen MR) is 113 cm³/mol. The Hall–Kier alpha value is -3.31. The third kappa shape index (κ3) is 6.33. The third-order valence-corrected chi connectivity index (χ3v) is 5.83. The fourth-order valence-electron chi connectivity index (χ4n) is 2.66. The van der Waals surface area contributed by atoms with Crippen LogP contribution >= 0.6 is 0 Å². The molecule has 0 aliphatic heterocycles. The van der Waals surface area contributed by atoms with Crippen LogP contribution in [0, 0.1) is 23.0 Å². The number of nitrogens with one attached hydrogen (secondary N) is 2. The number of benzene rings is 2. The largest absolute Gasteiger partial charge is 0.454 e. The number of sulfonamides is 1. The molecule has 0 bridgehead atoms. The number of hydrogen-bond donors (Lipinski definition) is 2. The molecule has 0 unspecified atom stereocenters. The van der Waals surface area contributed by atoms with Gasteiger partial charge >= 0.3 is 5.97 Å². The number of anilines is 1. The van der Waals surface area contributed by atoms with Crippen molar-refractivity contribution in [1.29, 1.82) is 0 Å². The van der Waals surface area contributed by atoms with E-state index in [2.05, 4.69) is 10.0 Å². The standard InChI is InChI=1S/C20H23N3O7S/c1-13(2)19(22-31(28,29)15-8-5-4-6-9-15)20(25)30-12-18(24)21-16-10-7-11-17(14(16)3)23(26)27/h4-11,13,19,22H,12H2,1-3H3,(H,21,24)/t19-/m0/s1. The molecule has 1 atom stereocenters. The number of esters is 1. The van der Waals surface area contributed by atoms with Crippen molar-refractivity contribution in [3.63, 3.8) is 0 Å². The van der Waals surface area contributed by atoms with Gasteiger partial charge in [-0.05, 0) is 31.0 Å². The van der Waals surface area contributed by atoms with Crippen LogP contribution in [0.2, 0.25) is 0 Å². The van der Waals surface area contributed by atoms with Gasteiger partial charge in [-0.15, -0.1) is 0 Å². The number of rotatable bonds is 9. The van der Waals surface area contributed by atoms with Crippen LogP contribution in [-0.2, 0) is 24.3 Å². The molecule has 31 heavy (non-hydrogen) atoms. The van der Waals surface area contributed by atoms with Crippen LogP contribution in [0.4, 0.5) is 11.4 Å². The summed E-state index contributed by atoms with van der Waals surface area (Å²) in [6, 6.07) is 10.5. The number of hydrogen-bond acceptors (Lipinski definition) is 7. The predicted octanol–water partition coefficient (Wildman–Crippen LogP) is 2.39. The lowest BCUT2D eigenvalue weighted by Gasteiger charge is -2.20. The van der Waals surface area contributed by atoms with Crippen LogP contribution in [0.15, 0.2) is 53.4 Å². The van der Waals surface area contributed by atoms with E-state index in [1.165, 1.54) is 37.3 Å². The van der Waals surface area contributed by atoms with Gasteiger partial charge in [0.25, 0.3) is 11.6 Å². The van der Waals surface area contributed by atoms with Crippen LogP contribution in [0.5, 0.6) is 0 Å². The molecular formula is C20H23N3O7S. The van der Waals surface area contributed by atoms with Crippen molar-refractivity contribution >= 4 is 33.3 Å². The van der Waals surface area contributed by atoms with E-state index in [1.54, 1.807) is 32.0 Å². The number of nitro benzene ring substituents is 1. The van der Waals surface area contributed by atoms with Crippen LogP contribution in [0.1, 0.15) is 19.4 Å². The SMILES string of the molecule is Cc1c(NC(=O)COC(=O)[C@@H](NS(=O)(=O)c2ccccc2)C(C)C)cccc1[N+](=O)[O-]. The molecule has 0 fully saturated rings. The first-order valence-electron chi connectivity index (χ1n) is 9.31. The summed E-state index contributed by atoms with van der Waals surface area (Å²) in [6.45, 7) is 4.06. The number of carbonyl (C=O) groups is 2. The summed E-state index contributed by atoms with van der Waals surface area (Å²) in [5.41, 5.74) is 0.299. The Kier molecular flexibility index (Phi) is 7.83. The van der Waals surface area contributed by atoms with Gasteiger partial charge in [0.1, 0.15) is 6.04 Å². The zero-order valence-electron chi connectivity index (χ0n) is 17.2. The summed E-state index contributed by atoms with van der Waals surface area (Å²) >= 11 is 0. The Bertz CT molecular complexity index is 1070. The summed E-state index contributed by atoms with van der Waals surface area (Å²) in [6.07, 6.45) is 0. The molecule has 0 aliphatic carbocycles. The van der Waals surface area contributed by atoms with Gasteiger partial charge in [-0.3, -0.25) is 19.7 Å². The summed E-state index contributed by atoms with van der Waals surface area (Å²) in [5, 5.41) is 13.4. The van der Waals surface area contributed by atoms with Gasteiger partial charge in [-0.1, -0.05) is 38.1 Å². The lowest BCUT2D eigenvalue weighted by molar-refractivity contribution is -0.385. The first-order chi connectivity index (χ1) is 14.5. The highest BCUT2D eigenvalue weighted by molar-refractivity contribution is 7.89. The van der Waals surface area contributed by atoms with E-state index in [1.807, 2.05) is 0 Å². The molecule has 0 heterocycles. The zero-order valence-corrected chi connectivity index (χ0v) is 18.0. The monoisotopic (exact) mass is 449 g/mol. The number of nitro groups is 1. The van der Waals surface area contributed by atoms with Gasteiger partial charge < -0.3 is 10.1 Å². The van der Waals surface area contributed by atoms with Gasteiger partial charge in [0.05, 0.1) is 21.1 Å². The normalized spacial score (nSPS) is 12.3. The molecular weight excluding hydrogens is 426 g/mol. The minimum atomic E-state index is -3.97. The molecule has 0 radical (unpaired) electrons. The van der Waals surface area contributed by atoms with Gasteiger partial charge in [-0.2, -0.15) is 4.72 Å². The minimum Gasteiger partial charge on any atom is -0.454 e. The molecule has 2 aromatic rings. The molecule has 10 nitrogen and oxygen atoms in total. The number of carbonyl (C=O) groups excluding carboxylic acids is 2. The van der Waals surface area contributed by atoms with Crippen LogP contribution < -0.4 is 10.0 Å². The lowest BCUT2D eigenvalue weighted by atomic mass is 10.1. The van der Waals surface area contributed by atoms with Crippen molar-refractivity contribution in [2.45, 2.75) is 31.7 Å². The first kappa shape index (κ1) is 24.0. The summed E-state index contributed by atoms with van der Waals surface area (Å²) in [4.78, 5) is 35.0. The molecule has 0 saturated heterocycles. The average molecular weight is 449 g/mol. The van der Waals surface area contributed by atoms with E-state index < -0.39 is 45.4 Å². The van der Waals surface area contributed by atoms with Gasteiger partial charge in [0.15, 0.2) is 6.61 Å². The molecule has 0 spiro atoms.